The minimum atomic E-state index is -0.142. The summed E-state index contributed by atoms with van der Waals surface area (Å²) in [5, 5.41) is 11.3. The molecule has 0 aliphatic heterocycles. The Bertz CT molecular complexity index is 486. The molecule has 0 aromatic carbocycles. The van der Waals surface area contributed by atoms with Crippen molar-refractivity contribution < 1.29 is 9.21 Å². The van der Waals surface area contributed by atoms with Gasteiger partial charge in [0.2, 0.25) is 5.78 Å². The molecule has 2 aromatic heterocycles. The largest absolute Gasteiger partial charge is 0.458 e. The molecule has 2 rings (SSSR count). The number of ketones is 1. The van der Waals surface area contributed by atoms with Crippen LogP contribution >= 0.6 is 0 Å². The number of aryl methyl sites for hydroxylation is 2. The first-order chi connectivity index (χ1) is 7.15. The highest BCUT2D eigenvalue weighted by molar-refractivity contribution is 5.94. The van der Waals surface area contributed by atoms with E-state index in [0.717, 1.165) is 0 Å². The molecule has 6 nitrogen and oxygen atoms in total. The quantitative estimate of drug-likeness (QED) is 0.685. The Hall–Kier alpha value is -1.98. The van der Waals surface area contributed by atoms with Crippen molar-refractivity contribution in [2.24, 2.45) is 7.05 Å². The minimum absolute atomic E-state index is 0.112. The third kappa shape index (κ3) is 2.09. The number of rotatable bonds is 3. The first-order valence-electron chi connectivity index (χ1n) is 4.47. The van der Waals surface area contributed by atoms with Crippen LogP contribution in [0.5, 0.6) is 0 Å². The molecule has 0 saturated carbocycles. The van der Waals surface area contributed by atoms with Crippen molar-refractivity contribution >= 4 is 5.78 Å². The van der Waals surface area contributed by atoms with E-state index in [1.165, 1.54) is 4.80 Å². The average molecular weight is 206 g/mol. The second kappa shape index (κ2) is 3.64. The molecule has 0 fully saturated rings. The zero-order valence-corrected chi connectivity index (χ0v) is 8.47. The molecular weight excluding hydrogens is 196 g/mol. The molecule has 0 atom stereocenters. The maximum atomic E-state index is 11.6. The van der Waals surface area contributed by atoms with E-state index in [-0.39, 0.29) is 12.2 Å². The molecule has 2 aromatic rings. The summed E-state index contributed by atoms with van der Waals surface area (Å²) in [5.41, 5.74) is 0. The van der Waals surface area contributed by atoms with Gasteiger partial charge in [-0.1, -0.05) is 0 Å². The lowest BCUT2D eigenvalue weighted by Gasteiger charge is -1.91. The highest BCUT2D eigenvalue weighted by Gasteiger charge is 2.13. The lowest BCUT2D eigenvalue weighted by molar-refractivity contribution is 0.0963. The summed E-state index contributed by atoms with van der Waals surface area (Å²) < 4.78 is 5.19. The second-order valence-corrected chi connectivity index (χ2v) is 3.21. The Labute approximate surface area is 85.9 Å². The van der Waals surface area contributed by atoms with Gasteiger partial charge >= 0.3 is 0 Å². The smallest absolute Gasteiger partial charge is 0.205 e. The summed E-state index contributed by atoms with van der Waals surface area (Å²) in [6.45, 7) is 1.79. The monoisotopic (exact) mass is 206 g/mol. The Morgan fingerprint density at radius 3 is 2.87 bits per heavy atom. The summed E-state index contributed by atoms with van der Waals surface area (Å²) >= 11 is 0. The lowest BCUT2D eigenvalue weighted by Crippen LogP contribution is -2.04. The topological polar surface area (TPSA) is 73.8 Å². The molecule has 0 saturated heterocycles. The van der Waals surface area contributed by atoms with E-state index in [0.29, 0.717) is 17.3 Å². The molecule has 2 heterocycles. The number of furan rings is 1. The van der Waals surface area contributed by atoms with Crippen molar-refractivity contribution in [3.05, 3.63) is 29.5 Å². The molecule has 0 spiro atoms. The van der Waals surface area contributed by atoms with Gasteiger partial charge < -0.3 is 4.42 Å². The maximum Gasteiger partial charge on any atom is 0.205 e. The fourth-order valence-electron chi connectivity index (χ4n) is 1.21. The number of hydrogen-bond donors (Lipinski definition) is 0. The van der Waals surface area contributed by atoms with Crippen LogP contribution in [0.2, 0.25) is 0 Å². The molecule has 0 bridgehead atoms. The van der Waals surface area contributed by atoms with Gasteiger partial charge in [0.15, 0.2) is 11.6 Å². The Balaban J connectivity index is 2.10. The molecule has 0 aliphatic carbocycles. The van der Waals surface area contributed by atoms with E-state index in [9.17, 15) is 4.79 Å². The number of Topliss-reactive ketones (excluding diaryl/α,β-unsaturated/α-hetero) is 1. The number of tetrazole rings is 1. The van der Waals surface area contributed by atoms with Gasteiger partial charge in [-0.05, 0) is 24.3 Å². The fraction of sp³-hybridized carbons (Fsp3) is 0.333. The van der Waals surface area contributed by atoms with Gasteiger partial charge in [-0.15, -0.1) is 10.2 Å². The van der Waals surface area contributed by atoms with Gasteiger partial charge in [-0.25, -0.2) is 0 Å². The number of aromatic nitrogens is 4. The molecule has 0 unspecified atom stereocenters. The highest BCUT2D eigenvalue weighted by Crippen LogP contribution is 2.08. The molecule has 6 heteroatoms. The van der Waals surface area contributed by atoms with Crippen molar-refractivity contribution in [1.82, 2.24) is 20.2 Å². The zero-order chi connectivity index (χ0) is 10.8. The Morgan fingerprint density at radius 2 is 2.33 bits per heavy atom. The van der Waals surface area contributed by atoms with E-state index < -0.39 is 0 Å². The van der Waals surface area contributed by atoms with Gasteiger partial charge in [0, 0.05) is 0 Å². The molecular formula is C9H10N4O2. The van der Waals surface area contributed by atoms with E-state index in [4.69, 9.17) is 4.42 Å². The maximum absolute atomic E-state index is 11.6. The fourth-order valence-corrected chi connectivity index (χ4v) is 1.21. The highest BCUT2D eigenvalue weighted by atomic mass is 16.3. The first-order valence-corrected chi connectivity index (χ1v) is 4.47. The number of nitrogens with zero attached hydrogens (tertiary/aromatic N) is 4. The molecule has 15 heavy (non-hydrogen) atoms. The van der Waals surface area contributed by atoms with Crippen molar-refractivity contribution in [2.75, 3.05) is 0 Å². The van der Waals surface area contributed by atoms with Gasteiger partial charge in [0.1, 0.15) is 5.76 Å². The van der Waals surface area contributed by atoms with E-state index in [2.05, 4.69) is 15.4 Å². The van der Waals surface area contributed by atoms with Crippen molar-refractivity contribution in [3.63, 3.8) is 0 Å². The third-order valence-electron chi connectivity index (χ3n) is 1.88. The summed E-state index contributed by atoms with van der Waals surface area (Å²) in [4.78, 5) is 12.9. The number of carbonyl (C=O) groups excluding carboxylic acids is 1. The van der Waals surface area contributed by atoms with Crippen molar-refractivity contribution in [1.29, 1.82) is 0 Å². The molecule has 0 radical (unpaired) electrons. The van der Waals surface area contributed by atoms with Gasteiger partial charge in [0.05, 0.1) is 13.5 Å². The minimum Gasteiger partial charge on any atom is -0.458 e. The molecule has 0 aliphatic rings. The summed E-state index contributed by atoms with van der Waals surface area (Å²) in [6, 6.07) is 3.39. The molecule has 0 N–H and O–H groups in total. The average Bonchev–Trinajstić information content (AvgIpc) is 2.75. The van der Waals surface area contributed by atoms with Crippen LogP contribution in [0.4, 0.5) is 0 Å². The molecule has 78 valence electrons. The number of carbonyl (C=O) groups is 1. The van der Waals surface area contributed by atoms with Crippen LogP contribution in [0.15, 0.2) is 16.5 Å². The van der Waals surface area contributed by atoms with Crippen LogP contribution in [-0.4, -0.2) is 26.0 Å². The van der Waals surface area contributed by atoms with Crippen LogP contribution in [0.3, 0.4) is 0 Å². The summed E-state index contributed by atoms with van der Waals surface area (Å²) in [7, 11) is 1.65. The lowest BCUT2D eigenvalue weighted by atomic mass is 10.2. The van der Waals surface area contributed by atoms with E-state index in [1.54, 1.807) is 26.1 Å². The predicted molar refractivity (Wildman–Crippen MR) is 50.3 cm³/mol. The van der Waals surface area contributed by atoms with Gasteiger partial charge in [-0.3, -0.25) is 4.79 Å². The normalized spacial score (nSPS) is 10.5. The van der Waals surface area contributed by atoms with Crippen molar-refractivity contribution in [3.8, 4) is 0 Å². The Morgan fingerprint density at radius 1 is 1.53 bits per heavy atom. The second-order valence-electron chi connectivity index (χ2n) is 3.21. The van der Waals surface area contributed by atoms with Crippen LogP contribution in [0.25, 0.3) is 0 Å². The van der Waals surface area contributed by atoms with Crippen LogP contribution in [0.1, 0.15) is 22.1 Å². The standard InChI is InChI=1S/C9H10N4O2/c1-6-3-4-8(15-6)7(14)5-9-10-12-13(2)11-9/h3-4H,5H2,1-2H3. The van der Waals surface area contributed by atoms with Gasteiger partial charge in [-0.2, -0.15) is 4.80 Å². The van der Waals surface area contributed by atoms with Crippen molar-refractivity contribution in [2.45, 2.75) is 13.3 Å². The van der Waals surface area contributed by atoms with E-state index >= 15 is 0 Å². The number of hydrogen-bond acceptors (Lipinski definition) is 5. The van der Waals surface area contributed by atoms with Crippen LogP contribution in [0, 0.1) is 6.92 Å². The van der Waals surface area contributed by atoms with Gasteiger partial charge in [0.25, 0.3) is 0 Å². The van der Waals surface area contributed by atoms with Crippen LogP contribution in [-0.2, 0) is 13.5 Å². The predicted octanol–water partition coefficient (Wildman–Crippen LogP) is 0.537. The SMILES string of the molecule is Cc1ccc(C(=O)Cc2nnn(C)n2)o1. The van der Waals surface area contributed by atoms with Crippen LogP contribution < -0.4 is 0 Å². The molecule has 0 amide bonds. The first kappa shape index (κ1) is 9.57. The third-order valence-corrected chi connectivity index (χ3v) is 1.88. The zero-order valence-electron chi connectivity index (χ0n) is 8.47. The summed E-state index contributed by atoms with van der Waals surface area (Å²) in [5.74, 6) is 1.30. The van der Waals surface area contributed by atoms with E-state index in [1.807, 2.05) is 0 Å². The Kier molecular flexibility index (Phi) is 2.32. The summed E-state index contributed by atoms with van der Waals surface area (Å²) in [6.07, 6.45) is 0.112.